The topological polar surface area (TPSA) is 0 Å². The molecular weight excluding hydrogens is 236 g/mol. The van der Waals surface area contributed by atoms with Crippen LogP contribution in [0.3, 0.4) is 0 Å². The molecule has 0 radical (unpaired) electrons. The lowest BCUT2D eigenvalue weighted by Gasteiger charge is -2.14. The third-order valence-electron chi connectivity index (χ3n) is 2.70. The summed E-state index contributed by atoms with van der Waals surface area (Å²) in [5.74, 6) is 0.759. The van der Waals surface area contributed by atoms with Gasteiger partial charge in [-0.25, -0.2) is 0 Å². The molecule has 1 atom stereocenters. The molecule has 14 heavy (non-hydrogen) atoms. The Morgan fingerprint density at radius 2 is 1.86 bits per heavy atom. The van der Waals surface area contributed by atoms with Crippen LogP contribution in [0.15, 0.2) is 30.3 Å². The Kier molecular flexibility index (Phi) is 5.93. The van der Waals surface area contributed by atoms with Gasteiger partial charge >= 0.3 is 0 Å². The zero-order valence-electron chi connectivity index (χ0n) is 8.88. The molecule has 0 saturated heterocycles. The van der Waals surface area contributed by atoms with E-state index in [1.54, 1.807) is 0 Å². The summed E-state index contributed by atoms with van der Waals surface area (Å²) in [6.07, 6.45) is 5.21. The largest absolute Gasteiger partial charge is 0.0928 e. The van der Waals surface area contributed by atoms with Gasteiger partial charge in [0.05, 0.1) is 0 Å². The fourth-order valence-electron chi connectivity index (χ4n) is 1.82. The number of unbranched alkanes of at least 4 members (excludes halogenated alkanes) is 1. The Morgan fingerprint density at radius 3 is 2.43 bits per heavy atom. The second-order valence-corrected chi connectivity index (χ2v) is 4.49. The molecule has 0 amide bonds. The van der Waals surface area contributed by atoms with Crippen molar-refractivity contribution in [3.63, 3.8) is 0 Å². The van der Waals surface area contributed by atoms with E-state index >= 15 is 0 Å². The SMILES string of the molecule is CC[C@@H](CCCCBr)c1ccccc1. The number of benzene rings is 1. The van der Waals surface area contributed by atoms with Crippen LogP contribution in [0.25, 0.3) is 0 Å². The third-order valence-corrected chi connectivity index (χ3v) is 3.26. The van der Waals surface area contributed by atoms with E-state index in [0.717, 1.165) is 11.2 Å². The van der Waals surface area contributed by atoms with Gasteiger partial charge in [-0.1, -0.05) is 59.6 Å². The van der Waals surface area contributed by atoms with Crippen molar-refractivity contribution in [1.82, 2.24) is 0 Å². The van der Waals surface area contributed by atoms with Crippen LogP contribution in [0, 0.1) is 0 Å². The van der Waals surface area contributed by atoms with Gasteiger partial charge in [0.15, 0.2) is 0 Å². The van der Waals surface area contributed by atoms with E-state index in [-0.39, 0.29) is 0 Å². The second kappa shape index (κ2) is 7.05. The predicted molar refractivity (Wildman–Crippen MR) is 67.1 cm³/mol. The molecule has 1 aromatic rings. The molecule has 0 unspecified atom stereocenters. The molecule has 0 aromatic heterocycles. The van der Waals surface area contributed by atoms with Crippen molar-refractivity contribution < 1.29 is 0 Å². The zero-order chi connectivity index (χ0) is 10.2. The molecule has 0 aliphatic heterocycles. The number of hydrogen-bond donors (Lipinski definition) is 0. The van der Waals surface area contributed by atoms with Gasteiger partial charge in [0, 0.05) is 5.33 Å². The molecular formula is C13H19Br. The summed E-state index contributed by atoms with van der Waals surface area (Å²) in [5.41, 5.74) is 1.50. The highest BCUT2D eigenvalue weighted by Crippen LogP contribution is 2.25. The van der Waals surface area contributed by atoms with Crippen molar-refractivity contribution in [3.8, 4) is 0 Å². The molecule has 0 aliphatic carbocycles. The van der Waals surface area contributed by atoms with Crippen LogP contribution in [0.4, 0.5) is 0 Å². The fraction of sp³-hybridized carbons (Fsp3) is 0.538. The van der Waals surface area contributed by atoms with E-state index in [1.807, 2.05) is 0 Å². The minimum absolute atomic E-state index is 0.759. The quantitative estimate of drug-likeness (QED) is 0.508. The Labute approximate surface area is 95.9 Å². The highest BCUT2D eigenvalue weighted by atomic mass is 79.9. The fourth-order valence-corrected chi connectivity index (χ4v) is 2.21. The second-order valence-electron chi connectivity index (χ2n) is 3.70. The summed E-state index contributed by atoms with van der Waals surface area (Å²) in [6, 6.07) is 10.9. The average molecular weight is 255 g/mol. The standard InChI is InChI=1S/C13H19Br/c1-2-12(8-6-7-11-14)13-9-4-3-5-10-13/h3-5,9-10,12H,2,6-8,11H2,1H3/t12-/m0/s1. The smallest absolute Gasteiger partial charge is 0.00313 e. The van der Waals surface area contributed by atoms with E-state index in [1.165, 1.54) is 31.2 Å². The van der Waals surface area contributed by atoms with E-state index in [2.05, 4.69) is 53.2 Å². The van der Waals surface area contributed by atoms with Crippen molar-refractivity contribution in [2.75, 3.05) is 5.33 Å². The summed E-state index contributed by atoms with van der Waals surface area (Å²) < 4.78 is 0. The first kappa shape index (κ1) is 11.8. The van der Waals surface area contributed by atoms with Crippen LogP contribution in [-0.4, -0.2) is 5.33 Å². The maximum atomic E-state index is 3.48. The van der Waals surface area contributed by atoms with Crippen molar-refractivity contribution in [1.29, 1.82) is 0 Å². The van der Waals surface area contributed by atoms with E-state index < -0.39 is 0 Å². The first-order valence-corrected chi connectivity index (χ1v) is 6.61. The minimum Gasteiger partial charge on any atom is -0.0928 e. The molecule has 0 N–H and O–H groups in total. The summed E-state index contributed by atoms with van der Waals surface area (Å²) in [4.78, 5) is 0. The van der Waals surface area contributed by atoms with Gasteiger partial charge in [-0.15, -0.1) is 0 Å². The minimum atomic E-state index is 0.759. The molecule has 1 heteroatoms. The molecule has 0 fully saturated rings. The lowest BCUT2D eigenvalue weighted by Crippen LogP contribution is -1.97. The van der Waals surface area contributed by atoms with Crippen LogP contribution >= 0.6 is 15.9 Å². The van der Waals surface area contributed by atoms with Crippen molar-refractivity contribution in [2.24, 2.45) is 0 Å². The van der Waals surface area contributed by atoms with Gasteiger partial charge in [-0.05, 0) is 30.7 Å². The molecule has 0 saturated carbocycles. The van der Waals surface area contributed by atoms with Gasteiger partial charge < -0.3 is 0 Å². The van der Waals surface area contributed by atoms with E-state index in [4.69, 9.17) is 0 Å². The molecule has 0 heterocycles. The summed E-state index contributed by atoms with van der Waals surface area (Å²) in [6.45, 7) is 2.28. The molecule has 1 aromatic carbocycles. The van der Waals surface area contributed by atoms with Crippen molar-refractivity contribution >= 4 is 15.9 Å². The Morgan fingerprint density at radius 1 is 1.14 bits per heavy atom. The van der Waals surface area contributed by atoms with Crippen LogP contribution in [0.2, 0.25) is 0 Å². The van der Waals surface area contributed by atoms with Gasteiger partial charge in [0.2, 0.25) is 0 Å². The van der Waals surface area contributed by atoms with Gasteiger partial charge in [-0.3, -0.25) is 0 Å². The Balaban J connectivity index is 2.46. The summed E-state index contributed by atoms with van der Waals surface area (Å²) >= 11 is 3.48. The Bertz CT molecular complexity index is 230. The Hall–Kier alpha value is -0.300. The maximum absolute atomic E-state index is 3.48. The molecule has 0 spiro atoms. The van der Waals surface area contributed by atoms with Crippen LogP contribution in [0.5, 0.6) is 0 Å². The van der Waals surface area contributed by atoms with Gasteiger partial charge in [-0.2, -0.15) is 0 Å². The number of hydrogen-bond acceptors (Lipinski definition) is 0. The van der Waals surface area contributed by atoms with E-state index in [9.17, 15) is 0 Å². The number of halogens is 1. The van der Waals surface area contributed by atoms with Crippen LogP contribution in [-0.2, 0) is 0 Å². The first-order valence-electron chi connectivity index (χ1n) is 5.49. The monoisotopic (exact) mass is 254 g/mol. The molecule has 0 nitrogen and oxygen atoms in total. The van der Waals surface area contributed by atoms with E-state index in [0.29, 0.717) is 0 Å². The number of alkyl halides is 1. The lowest BCUT2D eigenvalue weighted by molar-refractivity contribution is 0.572. The molecule has 0 aliphatic rings. The highest BCUT2D eigenvalue weighted by Gasteiger charge is 2.07. The molecule has 1 rings (SSSR count). The highest BCUT2D eigenvalue weighted by molar-refractivity contribution is 9.09. The maximum Gasteiger partial charge on any atom is 0.00313 e. The summed E-state index contributed by atoms with van der Waals surface area (Å²) in [5, 5.41) is 1.14. The van der Waals surface area contributed by atoms with Crippen molar-refractivity contribution in [3.05, 3.63) is 35.9 Å². The number of rotatable bonds is 6. The first-order chi connectivity index (χ1) is 6.88. The van der Waals surface area contributed by atoms with Gasteiger partial charge in [0.1, 0.15) is 0 Å². The van der Waals surface area contributed by atoms with Gasteiger partial charge in [0.25, 0.3) is 0 Å². The average Bonchev–Trinajstić information content (AvgIpc) is 2.26. The lowest BCUT2D eigenvalue weighted by atomic mass is 9.91. The summed E-state index contributed by atoms with van der Waals surface area (Å²) in [7, 11) is 0. The zero-order valence-corrected chi connectivity index (χ0v) is 10.5. The predicted octanol–water partition coefficient (Wildman–Crippen LogP) is 4.75. The van der Waals surface area contributed by atoms with Crippen molar-refractivity contribution in [2.45, 2.75) is 38.5 Å². The normalized spacial score (nSPS) is 12.7. The van der Waals surface area contributed by atoms with Crippen LogP contribution < -0.4 is 0 Å². The molecule has 0 bridgehead atoms. The van der Waals surface area contributed by atoms with Crippen LogP contribution in [0.1, 0.15) is 44.1 Å². The molecule has 78 valence electrons. The third kappa shape index (κ3) is 3.83.